The lowest BCUT2D eigenvalue weighted by molar-refractivity contribution is 0.499. The second-order valence-electron chi connectivity index (χ2n) is 2.68. The lowest BCUT2D eigenvalue weighted by Crippen LogP contribution is -2.09. The van der Waals surface area contributed by atoms with Crippen molar-refractivity contribution in [1.82, 2.24) is 4.98 Å². The molecule has 0 saturated carbocycles. The molecule has 0 aromatic carbocycles. The van der Waals surface area contributed by atoms with E-state index in [9.17, 15) is 12.9 Å². The highest BCUT2D eigenvalue weighted by Gasteiger charge is 2.16. The van der Waals surface area contributed by atoms with Crippen LogP contribution in [0.2, 0.25) is 0 Å². The molecule has 0 saturated heterocycles. The van der Waals surface area contributed by atoms with Crippen molar-refractivity contribution in [2.45, 2.75) is 0 Å². The van der Waals surface area contributed by atoms with Gasteiger partial charge in [-0.25, -0.2) is 4.98 Å². The van der Waals surface area contributed by atoms with E-state index < -0.39 is 6.98 Å². The maximum absolute atomic E-state index is 11.9. The third-order valence-electron chi connectivity index (χ3n) is 1.49. The third-order valence-corrected chi connectivity index (χ3v) is 1.49. The minimum atomic E-state index is -4.89. The maximum atomic E-state index is 11.9. The van der Waals surface area contributed by atoms with Crippen LogP contribution in [0.15, 0.2) is 30.8 Å². The van der Waals surface area contributed by atoms with Gasteiger partial charge in [-0.2, -0.15) is 0 Å². The number of aromatic nitrogens is 1. The van der Waals surface area contributed by atoms with Crippen LogP contribution < -0.4 is 0 Å². The van der Waals surface area contributed by atoms with Crippen molar-refractivity contribution in [3.63, 3.8) is 0 Å². The van der Waals surface area contributed by atoms with Crippen molar-refractivity contribution in [1.29, 1.82) is 0 Å². The summed E-state index contributed by atoms with van der Waals surface area (Å²) in [4.78, 5) is 3.90. The molecule has 74 valence electrons. The van der Waals surface area contributed by atoms with E-state index in [4.69, 9.17) is 0 Å². The number of rotatable bonds is 3. The molecule has 0 amide bonds. The molecule has 1 nitrogen and oxygen atoms in total. The molecule has 0 aliphatic heterocycles. The molecule has 0 radical (unpaired) electrons. The van der Waals surface area contributed by atoms with Gasteiger partial charge in [-0.05, 0) is 18.2 Å². The summed E-state index contributed by atoms with van der Waals surface area (Å²) in [5.74, 6) is 0.217. The minimum Gasteiger partial charge on any atom is -0.445 e. The van der Waals surface area contributed by atoms with Crippen LogP contribution in [0.3, 0.4) is 0 Å². The summed E-state index contributed by atoms with van der Waals surface area (Å²) >= 11 is 0. The van der Waals surface area contributed by atoms with Gasteiger partial charge < -0.3 is 12.9 Å². The molecule has 0 fully saturated rings. The first-order chi connectivity index (χ1) is 6.51. The SMILES string of the molecule is C=Cc1cccc(/C=C/[B-](F)(F)F)n1. The Labute approximate surface area is 80.0 Å². The van der Waals surface area contributed by atoms with E-state index in [0.717, 1.165) is 6.08 Å². The van der Waals surface area contributed by atoms with Crippen molar-refractivity contribution in [2.24, 2.45) is 0 Å². The highest BCUT2D eigenvalue weighted by Crippen LogP contribution is 2.12. The topological polar surface area (TPSA) is 12.9 Å². The van der Waals surface area contributed by atoms with E-state index in [1.807, 2.05) is 0 Å². The zero-order valence-electron chi connectivity index (χ0n) is 7.33. The molecule has 0 atom stereocenters. The van der Waals surface area contributed by atoms with Crippen LogP contribution in [0, 0.1) is 0 Å². The second-order valence-corrected chi connectivity index (χ2v) is 2.68. The summed E-state index contributed by atoms with van der Waals surface area (Å²) in [5, 5.41) is 0. The lowest BCUT2D eigenvalue weighted by atomic mass is 9.91. The van der Waals surface area contributed by atoms with Crippen molar-refractivity contribution < 1.29 is 12.9 Å². The van der Waals surface area contributed by atoms with Crippen molar-refractivity contribution in [3.8, 4) is 0 Å². The van der Waals surface area contributed by atoms with Crippen molar-refractivity contribution >= 4 is 19.1 Å². The summed E-state index contributed by atoms with van der Waals surface area (Å²) in [5.41, 5.74) is 0.837. The number of hydrogen-bond acceptors (Lipinski definition) is 1. The van der Waals surface area contributed by atoms with Crippen LogP contribution >= 0.6 is 0 Å². The van der Waals surface area contributed by atoms with Gasteiger partial charge in [-0.15, -0.1) is 5.98 Å². The molecule has 0 spiro atoms. The Morgan fingerprint density at radius 1 is 1.21 bits per heavy atom. The van der Waals surface area contributed by atoms with E-state index in [1.165, 1.54) is 12.1 Å². The van der Waals surface area contributed by atoms with E-state index in [2.05, 4.69) is 11.6 Å². The number of hydrogen-bond donors (Lipinski definition) is 0. The largest absolute Gasteiger partial charge is 0.502 e. The second kappa shape index (κ2) is 4.13. The number of halogens is 3. The van der Waals surface area contributed by atoms with Crippen LogP contribution in [0.25, 0.3) is 12.2 Å². The number of pyridine rings is 1. The normalized spacial score (nSPS) is 11.9. The van der Waals surface area contributed by atoms with Crippen molar-refractivity contribution in [3.05, 3.63) is 42.1 Å². The smallest absolute Gasteiger partial charge is 0.445 e. The molecule has 14 heavy (non-hydrogen) atoms. The lowest BCUT2D eigenvalue weighted by Gasteiger charge is -2.05. The maximum Gasteiger partial charge on any atom is 0.502 e. The van der Waals surface area contributed by atoms with E-state index >= 15 is 0 Å². The Morgan fingerprint density at radius 2 is 1.86 bits per heavy atom. The van der Waals surface area contributed by atoms with E-state index in [-0.39, 0.29) is 11.7 Å². The van der Waals surface area contributed by atoms with E-state index in [1.54, 1.807) is 12.1 Å². The zero-order chi connectivity index (χ0) is 10.6. The van der Waals surface area contributed by atoms with Crippen LogP contribution in [0.4, 0.5) is 12.9 Å². The molecule has 1 heterocycles. The van der Waals surface area contributed by atoms with Gasteiger partial charge in [0, 0.05) is 0 Å². The van der Waals surface area contributed by atoms with Gasteiger partial charge in [0.25, 0.3) is 0 Å². The van der Waals surface area contributed by atoms with Gasteiger partial charge in [0.2, 0.25) is 0 Å². The molecular formula is C9H8BF3N-. The summed E-state index contributed by atoms with van der Waals surface area (Å²) in [6.07, 6.45) is 2.43. The molecule has 0 aliphatic carbocycles. The fourth-order valence-electron chi connectivity index (χ4n) is 0.883. The molecule has 1 rings (SSSR count). The summed E-state index contributed by atoms with van der Waals surface area (Å²) in [7, 11) is 0. The Balaban J connectivity index is 2.87. The Kier molecular flexibility index (Phi) is 3.12. The fraction of sp³-hybridized carbons (Fsp3) is 0. The van der Waals surface area contributed by atoms with Gasteiger partial charge in [-0.1, -0.05) is 18.7 Å². The first-order valence-corrected chi connectivity index (χ1v) is 4.00. The Hall–Kier alpha value is -1.52. The molecule has 5 heteroatoms. The summed E-state index contributed by atoms with van der Waals surface area (Å²) in [6, 6.07) is 4.81. The van der Waals surface area contributed by atoms with Gasteiger partial charge >= 0.3 is 6.98 Å². The average Bonchev–Trinajstić information content (AvgIpc) is 2.14. The van der Waals surface area contributed by atoms with Crippen molar-refractivity contribution in [2.75, 3.05) is 0 Å². The quantitative estimate of drug-likeness (QED) is 0.679. The third kappa shape index (κ3) is 3.47. The standard InChI is InChI=1S/C9H8BF3N/c1-2-8-4-3-5-9(14-8)6-7-10(11,12)13/h2-7H,1H2/q-1/b7-6+. The van der Waals surface area contributed by atoms with Crippen LogP contribution in [0.5, 0.6) is 0 Å². The van der Waals surface area contributed by atoms with Crippen LogP contribution in [0.1, 0.15) is 11.4 Å². The molecule has 1 aromatic heterocycles. The molecule has 1 aromatic rings. The Bertz CT molecular complexity index is 357. The fourth-order valence-corrected chi connectivity index (χ4v) is 0.883. The summed E-state index contributed by atoms with van der Waals surface area (Å²) in [6.45, 7) is -1.42. The highest BCUT2D eigenvalue weighted by molar-refractivity contribution is 6.64. The zero-order valence-corrected chi connectivity index (χ0v) is 7.33. The first kappa shape index (κ1) is 10.6. The Morgan fingerprint density at radius 3 is 2.43 bits per heavy atom. The van der Waals surface area contributed by atoms with Gasteiger partial charge in [0.1, 0.15) is 0 Å². The van der Waals surface area contributed by atoms with Gasteiger partial charge in [0.15, 0.2) is 0 Å². The predicted molar refractivity (Wildman–Crippen MR) is 52.4 cm³/mol. The highest BCUT2D eigenvalue weighted by atomic mass is 19.4. The van der Waals surface area contributed by atoms with Crippen LogP contribution in [-0.2, 0) is 0 Å². The van der Waals surface area contributed by atoms with Crippen LogP contribution in [-0.4, -0.2) is 12.0 Å². The summed E-state index contributed by atoms with van der Waals surface area (Å²) < 4.78 is 35.6. The first-order valence-electron chi connectivity index (χ1n) is 4.00. The molecule has 0 bridgehead atoms. The van der Waals surface area contributed by atoms with Gasteiger partial charge in [0.05, 0.1) is 11.4 Å². The molecule has 0 unspecified atom stereocenters. The average molecular weight is 198 g/mol. The minimum absolute atomic E-state index is 0.217. The molecule has 0 aliphatic rings. The monoisotopic (exact) mass is 198 g/mol. The molecular weight excluding hydrogens is 190 g/mol. The number of nitrogens with zero attached hydrogens (tertiary/aromatic N) is 1. The van der Waals surface area contributed by atoms with E-state index in [0.29, 0.717) is 5.69 Å². The predicted octanol–water partition coefficient (Wildman–Crippen LogP) is 3.12. The van der Waals surface area contributed by atoms with Gasteiger partial charge in [-0.3, -0.25) is 0 Å². The molecule has 0 N–H and O–H groups in total.